The molecule has 0 aliphatic heterocycles. The van der Waals surface area contributed by atoms with E-state index in [1.807, 2.05) is 7.05 Å². The molecule has 2 nitrogen and oxygen atoms in total. The van der Waals surface area contributed by atoms with Crippen LogP contribution in [0.25, 0.3) is 0 Å². The van der Waals surface area contributed by atoms with Gasteiger partial charge in [0, 0.05) is 19.2 Å². The molecule has 162 valence electrons. The van der Waals surface area contributed by atoms with Crippen LogP contribution in [0.5, 0.6) is 0 Å². The number of benzene rings is 1. The van der Waals surface area contributed by atoms with Crippen LogP contribution < -0.4 is 0 Å². The lowest BCUT2D eigenvalue weighted by Gasteiger charge is -2.29. The summed E-state index contributed by atoms with van der Waals surface area (Å²) in [7, 11) is 1.86. The van der Waals surface area contributed by atoms with Crippen molar-refractivity contribution in [1.82, 2.24) is 4.90 Å². The minimum atomic E-state index is 0.0527. The molecule has 1 saturated carbocycles. The molecule has 0 radical (unpaired) electrons. The molecule has 0 saturated heterocycles. The van der Waals surface area contributed by atoms with E-state index in [1.54, 1.807) is 11.8 Å². The number of rotatable bonds is 12. The molecule has 0 spiro atoms. The van der Waals surface area contributed by atoms with Crippen molar-refractivity contribution in [3.8, 4) is 0 Å². The Morgan fingerprint density at radius 3 is 2.28 bits per heavy atom. The average Bonchev–Trinajstić information content (AvgIpc) is 2.74. The lowest BCUT2D eigenvalue weighted by atomic mass is 9.77. The molecule has 2 heteroatoms. The van der Waals surface area contributed by atoms with Crippen molar-refractivity contribution in [3.05, 3.63) is 47.5 Å². The number of likely N-dealkylation sites (N-methyl/N-ethyl adjacent to an activating group) is 1. The van der Waals surface area contributed by atoms with Gasteiger partial charge in [-0.2, -0.15) is 0 Å². The number of aryl methyl sites for hydroxylation is 1. The minimum Gasteiger partial charge on any atom is -0.342 e. The van der Waals surface area contributed by atoms with E-state index in [0.717, 1.165) is 31.2 Å². The Hall–Kier alpha value is -1.57. The van der Waals surface area contributed by atoms with Gasteiger partial charge in [0.05, 0.1) is 0 Å². The van der Waals surface area contributed by atoms with Gasteiger partial charge in [0.1, 0.15) is 0 Å². The van der Waals surface area contributed by atoms with E-state index in [9.17, 15) is 4.79 Å². The summed E-state index contributed by atoms with van der Waals surface area (Å²) in [6, 6.07) is 9.31. The number of carbonyl (C=O) groups excluding carboxylic acids is 1. The minimum absolute atomic E-state index is 0.0527. The van der Waals surface area contributed by atoms with E-state index in [2.05, 4.69) is 37.8 Å². The van der Waals surface area contributed by atoms with E-state index >= 15 is 0 Å². The van der Waals surface area contributed by atoms with Crippen LogP contribution in [-0.2, 0) is 11.2 Å². The Balaban J connectivity index is 1.67. The molecule has 0 heterocycles. The topological polar surface area (TPSA) is 20.3 Å². The van der Waals surface area contributed by atoms with Gasteiger partial charge in [-0.15, -0.1) is 0 Å². The molecule has 0 unspecified atom stereocenters. The Morgan fingerprint density at radius 1 is 1.00 bits per heavy atom. The van der Waals surface area contributed by atoms with Gasteiger partial charge in [-0.05, 0) is 68.4 Å². The van der Waals surface area contributed by atoms with E-state index in [0.29, 0.717) is 5.57 Å². The monoisotopic (exact) mass is 397 g/mol. The molecule has 0 bridgehead atoms. The maximum Gasteiger partial charge on any atom is 0.248 e. The van der Waals surface area contributed by atoms with Gasteiger partial charge in [0.15, 0.2) is 0 Å². The second-order valence-corrected chi connectivity index (χ2v) is 9.27. The van der Waals surface area contributed by atoms with Crippen molar-refractivity contribution in [2.45, 2.75) is 96.8 Å². The Bertz CT molecular complexity index is 610. The molecule has 29 heavy (non-hydrogen) atoms. The Morgan fingerprint density at radius 2 is 1.66 bits per heavy atom. The first-order chi connectivity index (χ1) is 14.0. The third-order valence-corrected chi connectivity index (χ3v) is 6.68. The summed E-state index contributed by atoms with van der Waals surface area (Å²) in [6.07, 6.45) is 16.1. The van der Waals surface area contributed by atoms with Crippen LogP contribution in [0.1, 0.15) is 102 Å². The van der Waals surface area contributed by atoms with Crippen LogP contribution in [0.3, 0.4) is 0 Å². The summed E-state index contributed by atoms with van der Waals surface area (Å²) >= 11 is 0. The Kier molecular flexibility index (Phi) is 10.5. The fourth-order valence-corrected chi connectivity index (χ4v) is 4.73. The third-order valence-electron chi connectivity index (χ3n) is 6.68. The fraction of sp³-hybridized carbons (Fsp3) is 0.667. The maximum absolute atomic E-state index is 11.9. The SMILES string of the molecule is C=C(C)C(=O)N(C)CCCc1ccc(C2CCC(CCCCCCC)CC2)cc1. The number of unbranched alkanes of at least 4 members (excludes halogenated alkanes) is 4. The predicted octanol–water partition coefficient (Wildman–Crippen LogP) is 7.29. The van der Waals surface area contributed by atoms with Gasteiger partial charge in [0.2, 0.25) is 5.91 Å². The molecule has 0 aromatic heterocycles. The zero-order chi connectivity index (χ0) is 21.1. The highest BCUT2D eigenvalue weighted by Crippen LogP contribution is 2.37. The van der Waals surface area contributed by atoms with E-state index in [4.69, 9.17) is 0 Å². The van der Waals surface area contributed by atoms with Gasteiger partial charge in [0.25, 0.3) is 0 Å². The highest BCUT2D eigenvalue weighted by atomic mass is 16.2. The zero-order valence-corrected chi connectivity index (χ0v) is 19.2. The molecular formula is C27H43NO. The lowest BCUT2D eigenvalue weighted by Crippen LogP contribution is -2.28. The van der Waals surface area contributed by atoms with Crippen molar-refractivity contribution >= 4 is 5.91 Å². The van der Waals surface area contributed by atoms with Crippen LogP contribution in [0, 0.1) is 5.92 Å². The van der Waals surface area contributed by atoms with Gasteiger partial charge in [-0.25, -0.2) is 0 Å². The summed E-state index contributed by atoms with van der Waals surface area (Å²) in [4.78, 5) is 13.6. The second-order valence-electron chi connectivity index (χ2n) is 9.27. The highest BCUT2D eigenvalue weighted by molar-refractivity contribution is 5.91. The standard InChI is InChI=1S/C27H43NO/c1-5-6-7-8-9-11-23-13-17-25(18-14-23)26-19-15-24(16-20-26)12-10-21-28(4)27(29)22(2)3/h15-16,19-20,23,25H,2,5-14,17-18,21H2,1,3-4H3. The second kappa shape index (κ2) is 12.9. The first-order valence-electron chi connectivity index (χ1n) is 12.0. The number of amides is 1. The van der Waals surface area contributed by atoms with Gasteiger partial charge >= 0.3 is 0 Å². The smallest absolute Gasteiger partial charge is 0.248 e. The van der Waals surface area contributed by atoms with Gasteiger partial charge in [-0.1, -0.05) is 76.3 Å². The maximum atomic E-state index is 11.9. The van der Waals surface area contributed by atoms with Crippen LogP contribution in [0.4, 0.5) is 0 Å². The lowest BCUT2D eigenvalue weighted by molar-refractivity contribution is -0.125. The van der Waals surface area contributed by atoms with Crippen LogP contribution >= 0.6 is 0 Å². The average molecular weight is 398 g/mol. The van der Waals surface area contributed by atoms with E-state index in [-0.39, 0.29) is 5.91 Å². The van der Waals surface area contributed by atoms with E-state index in [1.165, 1.54) is 75.3 Å². The molecule has 0 atom stereocenters. The van der Waals surface area contributed by atoms with Gasteiger partial charge in [-0.3, -0.25) is 4.79 Å². The number of nitrogens with zero attached hydrogens (tertiary/aromatic N) is 1. The van der Waals surface area contributed by atoms with E-state index < -0.39 is 0 Å². The first kappa shape index (κ1) is 23.7. The van der Waals surface area contributed by atoms with Crippen molar-refractivity contribution < 1.29 is 4.79 Å². The molecule has 1 amide bonds. The van der Waals surface area contributed by atoms with Crippen LogP contribution in [-0.4, -0.2) is 24.4 Å². The molecule has 1 fully saturated rings. The predicted molar refractivity (Wildman–Crippen MR) is 125 cm³/mol. The number of hydrogen-bond acceptors (Lipinski definition) is 1. The number of carbonyl (C=O) groups is 1. The molecule has 2 rings (SSSR count). The zero-order valence-electron chi connectivity index (χ0n) is 19.2. The van der Waals surface area contributed by atoms with Crippen molar-refractivity contribution in [3.63, 3.8) is 0 Å². The van der Waals surface area contributed by atoms with Crippen molar-refractivity contribution in [2.75, 3.05) is 13.6 Å². The van der Waals surface area contributed by atoms with Crippen LogP contribution in [0.2, 0.25) is 0 Å². The molecule has 1 aliphatic carbocycles. The molecule has 1 aliphatic rings. The summed E-state index contributed by atoms with van der Waals surface area (Å²) in [5, 5.41) is 0. The summed E-state index contributed by atoms with van der Waals surface area (Å²) in [5.41, 5.74) is 3.53. The molecule has 1 aromatic carbocycles. The quantitative estimate of drug-likeness (QED) is 0.268. The summed E-state index contributed by atoms with van der Waals surface area (Å²) in [5.74, 6) is 1.79. The largest absolute Gasteiger partial charge is 0.342 e. The normalized spacial score (nSPS) is 19.1. The fourth-order valence-electron chi connectivity index (χ4n) is 4.73. The highest BCUT2D eigenvalue weighted by Gasteiger charge is 2.22. The van der Waals surface area contributed by atoms with Crippen LogP contribution in [0.15, 0.2) is 36.4 Å². The Labute approximate surface area is 179 Å². The number of hydrogen-bond donors (Lipinski definition) is 0. The first-order valence-corrected chi connectivity index (χ1v) is 12.0. The van der Waals surface area contributed by atoms with Crippen molar-refractivity contribution in [2.24, 2.45) is 5.92 Å². The molecule has 1 aromatic rings. The molecular weight excluding hydrogens is 354 g/mol. The van der Waals surface area contributed by atoms with Gasteiger partial charge < -0.3 is 4.90 Å². The van der Waals surface area contributed by atoms with Crippen molar-refractivity contribution in [1.29, 1.82) is 0 Å². The molecule has 0 N–H and O–H groups in total. The summed E-state index contributed by atoms with van der Waals surface area (Å²) in [6.45, 7) is 8.59. The summed E-state index contributed by atoms with van der Waals surface area (Å²) < 4.78 is 0. The third kappa shape index (κ3) is 8.36.